The molecule has 2 rings (SSSR count). The number of aliphatic hydroxyl groups excluding tert-OH is 1. The van der Waals surface area contributed by atoms with Crippen molar-refractivity contribution in [1.82, 2.24) is 10.2 Å². The van der Waals surface area contributed by atoms with Gasteiger partial charge < -0.3 is 19.9 Å². The summed E-state index contributed by atoms with van der Waals surface area (Å²) in [5.41, 5.74) is 0.00221. The Morgan fingerprint density at radius 3 is 2.81 bits per heavy atom. The van der Waals surface area contributed by atoms with E-state index in [1.807, 2.05) is 0 Å². The minimum Gasteiger partial charge on any atom is -0.394 e. The summed E-state index contributed by atoms with van der Waals surface area (Å²) in [6, 6.07) is 0. The molecule has 5 heteroatoms. The molecule has 2 aliphatic heterocycles. The minimum atomic E-state index is -0.194. The van der Waals surface area contributed by atoms with Crippen LogP contribution in [0.3, 0.4) is 0 Å². The van der Waals surface area contributed by atoms with Crippen molar-refractivity contribution in [2.24, 2.45) is 5.41 Å². The summed E-state index contributed by atoms with van der Waals surface area (Å²) >= 11 is 0. The van der Waals surface area contributed by atoms with E-state index >= 15 is 0 Å². The van der Waals surface area contributed by atoms with Crippen LogP contribution in [0.15, 0.2) is 0 Å². The highest BCUT2D eigenvalue weighted by Crippen LogP contribution is 2.31. The number of aliphatic hydroxyl groups is 1. The molecule has 0 aromatic rings. The van der Waals surface area contributed by atoms with Gasteiger partial charge in [-0.05, 0) is 33.2 Å². The van der Waals surface area contributed by atoms with E-state index in [1.54, 1.807) is 0 Å². The van der Waals surface area contributed by atoms with Gasteiger partial charge in [0, 0.05) is 38.2 Å². The van der Waals surface area contributed by atoms with Crippen molar-refractivity contribution in [3.63, 3.8) is 0 Å². The molecule has 0 bridgehead atoms. The zero-order valence-electron chi connectivity index (χ0n) is 13.9. The zero-order chi connectivity index (χ0) is 15.3. The number of morpholine rings is 1. The first-order valence-electron chi connectivity index (χ1n) is 8.28. The molecule has 2 N–H and O–H groups in total. The summed E-state index contributed by atoms with van der Waals surface area (Å²) in [6.45, 7) is 12.9. The molecular weight excluding hydrogens is 268 g/mol. The lowest BCUT2D eigenvalue weighted by Crippen LogP contribution is -2.58. The predicted octanol–water partition coefficient (Wildman–Crippen LogP) is 0.864. The van der Waals surface area contributed by atoms with Crippen LogP contribution in [0.5, 0.6) is 0 Å². The van der Waals surface area contributed by atoms with Crippen molar-refractivity contribution in [2.45, 2.75) is 45.3 Å². The van der Waals surface area contributed by atoms with Gasteiger partial charge in [-0.2, -0.15) is 0 Å². The highest BCUT2D eigenvalue weighted by molar-refractivity contribution is 4.91. The quantitative estimate of drug-likeness (QED) is 0.762. The number of rotatable bonds is 6. The predicted molar refractivity (Wildman–Crippen MR) is 83.5 cm³/mol. The van der Waals surface area contributed by atoms with Crippen molar-refractivity contribution >= 4 is 0 Å². The third kappa shape index (κ3) is 4.89. The van der Waals surface area contributed by atoms with Gasteiger partial charge in [-0.1, -0.05) is 6.92 Å². The first-order chi connectivity index (χ1) is 9.99. The summed E-state index contributed by atoms with van der Waals surface area (Å²) in [6.07, 6.45) is 2.28. The van der Waals surface area contributed by atoms with Gasteiger partial charge in [0.1, 0.15) is 0 Å². The Bertz CT molecular complexity index is 317. The standard InChI is InChI=1S/C16H32N2O3/c1-4-17-10-16(6-5-7-20-13-16)12-18-8-14(9-19)21-15(2,3)11-18/h14,17,19H,4-13H2,1-3H3. The normalized spacial score (nSPS) is 34.0. The second kappa shape index (κ2) is 7.38. The monoisotopic (exact) mass is 300 g/mol. The molecule has 0 saturated carbocycles. The lowest BCUT2D eigenvalue weighted by Gasteiger charge is -2.47. The van der Waals surface area contributed by atoms with E-state index in [0.717, 1.165) is 52.4 Å². The van der Waals surface area contributed by atoms with E-state index in [1.165, 1.54) is 6.42 Å². The maximum atomic E-state index is 9.46. The number of hydrogen-bond acceptors (Lipinski definition) is 5. The Hall–Kier alpha value is -0.200. The van der Waals surface area contributed by atoms with E-state index in [0.29, 0.717) is 0 Å². The third-order valence-corrected chi connectivity index (χ3v) is 4.47. The van der Waals surface area contributed by atoms with Gasteiger partial charge in [-0.3, -0.25) is 4.90 Å². The fraction of sp³-hybridized carbons (Fsp3) is 1.00. The van der Waals surface area contributed by atoms with Crippen LogP contribution < -0.4 is 5.32 Å². The zero-order valence-corrected chi connectivity index (χ0v) is 13.9. The van der Waals surface area contributed by atoms with Crippen LogP contribution in [0, 0.1) is 5.41 Å². The number of nitrogens with zero attached hydrogens (tertiary/aromatic N) is 1. The summed E-state index contributed by atoms with van der Waals surface area (Å²) in [5.74, 6) is 0. The van der Waals surface area contributed by atoms with Crippen LogP contribution >= 0.6 is 0 Å². The van der Waals surface area contributed by atoms with Crippen molar-refractivity contribution in [2.75, 3.05) is 52.5 Å². The Kier molecular flexibility index (Phi) is 6.03. The van der Waals surface area contributed by atoms with Gasteiger partial charge in [-0.25, -0.2) is 0 Å². The molecule has 21 heavy (non-hydrogen) atoms. The van der Waals surface area contributed by atoms with E-state index in [-0.39, 0.29) is 23.7 Å². The molecule has 2 saturated heterocycles. The van der Waals surface area contributed by atoms with Gasteiger partial charge in [-0.15, -0.1) is 0 Å². The van der Waals surface area contributed by atoms with E-state index < -0.39 is 0 Å². The average molecular weight is 300 g/mol. The molecule has 2 atom stereocenters. The maximum absolute atomic E-state index is 9.46. The average Bonchev–Trinajstić information content (AvgIpc) is 2.44. The number of hydrogen-bond donors (Lipinski definition) is 2. The lowest BCUT2D eigenvalue weighted by atomic mass is 9.81. The second-order valence-electron chi connectivity index (χ2n) is 7.29. The van der Waals surface area contributed by atoms with Crippen molar-refractivity contribution in [3.8, 4) is 0 Å². The summed E-state index contributed by atoms with van der Waals surface area (Å²) in [4.78, 5) is 2.45. The highest BCUT2D eigenvalue weighted by Gasteiger charge is 2.39. The second-order valence-corrected chi connectivity index (χ2v) is 7.29. The molecule has 0 spiro atoms. The molecule has 2 fully saturated rings. The van der Waals surface area contributed by atoms with Crippen LogP contribution in [-0.2, 0) is 9.47 Å². The smallest absolute Gasteiger partial charge is 0.0940 e. The Morgan fingerprint density at radius 1 is 1.38 bits per heavy atom. The molecule has 2 heterocycles. The summed E-state index contributed by atoms with van der Waals surface area (Å²) < 4.78 is 11.7. The maximum Gasteiger partial charge on any atom is 0.0940 e. The third-order valence-electron chi connectivity index (χ3n) is 4.47. The van der Waals surface area contributed by atoms with E-state index in [4.69, 9.17) is 9.47 Å². The highest BCUT2D eigenvalue weighted by atomic mass is 16.5. The minimum absolute atomic E-state index is 0.0746. The van der Waals surface area contributed by atoms with Crippen LogP contribution in [0.2, 0.25) is 0 Å². The van der Waals surface area contributed by atoms with Gasteiger partial charge in [0.15, 0.2) is 0 Å². The van der Waals surface area contributed by atoms with Crippen molar-refractivity contribution in [1.29, 1.82) is 0 Å². The van der Waals surface area contributed by atoms with E-state index in [2.05, 4.69) is 31.0 Å². The Labute approximate surface area is 129 Å². The summed E-state index contributed by atoms with van der Waals surface area (Å²) in [7, 11) is 0. The SMILES string of the molecule is CCNCC1(CN2CC(CO)OC(C)(C)C2)CCCOC1. The molecule has 0 radical (unpaired) electrons. The molecule has 0 aromatic carbocycles. The first-order valence-corrected chi connectivity index (χ1v) is 8.28. The topological polar surface area (TPSA) is 54.0 Å². The van der Waals surface area contributed by atoms with Gasteiger partial charge in [0.2, 0.25) is 0 Å². The fourth-order valence-electron chi connectivity index (χ4n) is 3.73. The van der Waals surface area contributed by atoms with Crippen LogP contribution in [0.1, 0.15) is 33.6 Å². The van der Waals surface area contributed by atoms with Crippen LogP contribution in [0.4, 0.5) is 0 Å². The Balaban J connectivity index is 2.01. The number of nitrogens with one attached hydrogen (secondary N) is 1. The van der Waals surface area contributed by atoms with Crippen molar-refractivity contribution < 1.29 is 14.6 Å². The van der Waals surface area contributed by atoms with Crippen molar-refractivity contribution in [3.05, 3.63) is 0 Å². The Morgan fingerprint density at radius 2 is 2.19 bits per heavy atom. The first kappa shape index (κ1) is 17.2. The summed E-state index contributed by atoms with van der Waals surface area (Å²) in [5, 5.41) is 13.0. The fourth-order valence-corrected chi connectivity index (χ4v) is 3.73. The van der Waals surface area contributed by atoms with Gasteiger partial charge in [0.05, 0.1) is 24.9 Å². The van der Waals surface area contributed by atoms with Crippen LogP contribution in [-0.4, -0.2) is 74.3 Å². The number of ether oxygens (including phenoxy) is 2. The lowest BCUT2D eigenvalue weighted by molar-refractivity contribution is -0.158. The molecule has 2 unspecified atom stereocenters. The molecule has 0 aromatic heterocycles. The largest absolute Gasteiger partial charge is 0.394 e. The molecule has 0 aliphatic carbocycles. The van der Waals surface area contributed by atoms with Gasteiger partial charge >= 0.3 is 0 Å². The van der Waals surface area contributed by atoms with Crippen LogP contribution in [0.25, 0.3) is 0 Å². The van der Waals surface area contributed by atoms with E-state index in [9.17, 15) is 5.11 Å². The van der Waals surface area contributed by atoms with Gasteiger partial charge in [0.25, 0.3) is 0 Å². The molecule has 2 aliphatic rings. The molecule has 0 amide bonds. The molecular formula is C16H32N2O3. The molecule has 124 valence electrons. The molecule has 5 nitrogen and oxygen atoms in total.